The van der Waals surface area contributed by atoms with E-state index < -0.39 is 17.6 Å². The topological polar surface area (TPSA) is 26.3 Å². The molecule has 1 aromatic rings. The molecule has 3 saturated carbocycles. The third-order valence-corrected chi connectivity index (χ3v) is 8.02. The van der Waals surface area contributed by atoms with Gasteiger partial charge in [0.2, 0.25) is 5.82 Å². The van der Waals surface area contributed by atoms with Gasteiger partial charge in [0.15, 0.2) is 11.6 Å². The third kappa shape index (κ3) is 5.80. The summed E-state index contributed by atoms with van der Waals surface area (Å²) in [5, 5.41) is 0. The van der Waals surface area contributed by atoms with Crippen LogP contribution in [0, 0.1) is 17.0 Å². The lowest BCUT2D eigenvalue weighted by Gasteiger charge is -2.54. The maximum atomic E-state index is 15.1. The number of ether oxygens (including phenoxy) is 1. The number of hydrogen-bond donors (Lipinski definition) is 0. The van der Waals surface area contributed by atoms with Gasteiger partial charge in [0.1, 0.15) is 0 Å². The lowest BCUT2D eigenvalue weighted by atomic mass is 9.51. The van der Waals surface area contributed by atoms with E-state index in [1.807, 2.05) is 0 Å². The van der Waals surface area contributed by atoms with Gasteiger partial charge < -0.3 is 4.74 Å². The zero-order chi connectivity index (χ0) is 23.0. The summed E-state index contributed by atoms with van der Waals surface area (Å²) in [5.41, 5.74) is 0.629. The first kappa shape index (κ1) is 24.9. The summed E-state index contributed by atoms with van der Waals surface area (Å²) in [6.45, 7) is 4.31. The van der Waals surface area contributed by atoms with Crippen LogP contribution in [-0.2, 0) is 10.2 Å². The van der Waals surface area contributed by atoms with Crippen molar-refractivity contribution in [3.8, 4) is 5.75 Å². The van der Waals surface area contributed by atoms with Crippen molar-refractivity contribution in [2.75, 3.05) is 0 Å². The van der Waals surface area contributed by atoms with Crippen LogP contribution in [0.2, 0.25) is 0 Å². The number of esters is 1. The highest BCUT2D eigenvalue weighted by atomic mass is 19.2. The van der Waals surface area contributed by atoms with Gasteiger partial charge in [-0.2, -0.15) is 4.39 Å². The van der Waals surface area contributed by atoms with E-state index in [2.05, 4.69) is 13.8 Å². The molecule has 0 unspecified atom stereocenters. The minimum atomic E-state index is -1.04. The van der Waals surface area contributed by atoms with Crippen LogP contribution in [0.4, 0.5) is 8.78 Å². The Labute approximate surface area is 192 Å². The first-order valence-electron chi connectivity index (χ1n) is 12.8. The van der Waals surface area contributed by atoms with E-state index in [4.69, 9.17) is 4.74 Å². The maximum Gasteiger partial charge on any atom is 0.335 e. The molecule has 2 nitrogen and oxygen atoms in total. The van der Waals surface area contributed by atoms with Gasteiger partial charge in [0, 0.05) is 6.08 Å². The number of rotatable bonds is 12. The molecule has 1 aromatic carbocycles. The number of carbonyl (C=O) groups is 1. The number of fused-ring (bicyclic) bond motifs is 3. The predicted molar refractivity (Wildman–Crippen MR) is 126 cm³/mol. The van der Waals surface area contributed by atoms with Crippen molar-refractivity contribution < 1.29 is 18.3 Å². The van der Waals surface area contributed by atoms with Crippen molar-refractivity contribution in [1.82, 2.24) is 0 Å². The molecule has 4 heteroatoms. The Balaban J connectivity index is 1.61. The van der Waals surface area contributed by atoms with Gasteiger partial charge in [-0.3, -0.25) is 0 Å². The van der Waals surface area contributed by atoms with Gasteiger partial charge in [-0.05, 0) is 73.8 Å². The predicted octanol–water partition coefficient (Wildman–Crippen LogP) is 8.57. The molecule has 32 heavy (non-hydrogen) atoms. The van der Waals surface area contributed by atoms with Crippen LogP contribution in [0.15, 0.2) is 24.3 Å². The van der Waals surface area contributed by atoms with Crippen LogP contribution < -0.4 is 4.74 Å². The summed E-state index contributed by atoms with van der Waals surface area (Å²) in [7, 11) is 0. The zero-order valence-corrected chi connectivity index (χ0v) is 20.0. The van der Waals surface area contributed by atoms with Crippen molar-refractivity contribution in [2.24, 2.45) is 5.41 Å². The van der Waals surface area contributed by atoms with Crippen LogP contribution >= 0.6 is 0 Å². The van der Waals surface area contributed by atoms with Gasteiger partial charge in [-0.25, -0.2) is 9.18 Å². The fourth-order valence-electron chi connectivity index (χ4n) is 5.81. The molecule has 0 N–H and O–H groups in total. The van der Waals surface area contributed by atoms with E-state index in [0.717, 1.165) is 57.8 Å². The summed E-state index contributed by atoms with van der Waals surface area (Å²) in [6, 6.07) is 3.09. The van der Waals surface area contributed by atoms with Crippen LogP contribution in [0.25, 0.3) is 0 Å². The normalized spacial score (nSPS) is 24.9. The highest BCUT2D eigenvalue weighted by Gasteiger charge is 2.50. The number of allylic oxidation sites excluding steroid dienone is 1. The summed E-state index contributed by atoms with van der Waals surface area (Å²) in [6.07, 6.45) is 19.7. The minimum absolute atomic E-state index is 0.266. The molecule has 0 aliphatic heterocycles. The Hall–Kier alpha value is -1.71. The van der Waals surface area contributed by atoms with E-state index in [9.17, 15) is 9.18 Å². The van der Waals surface area contributed by atoms with Crippen molar-refractivity contribution in [3.63, 3.8) is 0 Å². The number of halogens is 2. The standard InChI is InChI=1S/C28H40F2O2/c1-3-5-7-9-11-15-27-16-19-28(20-17-27,21-18-27)22-13-14-23(26(30)25(22)29)32-24(31)12-10-8-6-4-2/h10,12-14H,3-9,11,15-21H2,1-2H3. The van der Waals surface area contributed by atoms with Gasteiger partial charge in [0.05, 0.1) is 0 Å². The zero-order valence-electron chi connectivity index (χ0n) is 20.0. The molecule has 0 amide bonds. The molecular weight excluding hydrogens is 406 g/mol. The SMILES string of the molecule is CCCCC=CC(=O)Oc1ccc(C23CCC(CCCCCCC)(CC2)CC3)c(F)c1F. The second-order valence-corrected chi connectivity index (χ2v) is 10.1. The van der Waals surface area contributed by atoms with E-state index in [1.54, 1.807) is 12.1 Å². The van der Waals surface area contributed by atoms with E-state index in [0.29, 0.717) is 11.0 Å². The molecule has 3 aliphatic rings. The average molecular weight is 447 g/mol. The number of hydrogen-bond acceptors (Lipinski definition) is 2. The van der Waals surface area contributed by atoms with Gasteiger partial charge >= 0.3 is 5.97 Å². The Bertz CT molecular complexity index is 774. The van der Waals surface area contributed by atoms with Crippen molar-refractivity contribution >= 4 is 5.97 Å². The molecule has 4 rings (SSSR count). The van der Waals surface area contributed by atoms with E-state index in [1.165, 1.54) is 50.7 Å². The molecule has 0 radical (unpaired) electrons. The van der Waals surface area contributed by atoms with Crippen LogP contribution in [0.5, 0.6) is 5.75 Å². The van der Waals surface area contributed by atoms with Gasteiger partial charge in [-0.1, -0.05) is 70.9 Å². The Kier molecular flexibility index (Phi) is 8.90. The summed E-state index contributed by atoms with van der Waals surface area (Å²) >= 11 is 0. The minimum Gasteiger partial charge on any atom is -0.420 e. The lowest BCUT2D eigenvalue weighted by Crippen LogP contribution is -2.44. The molecular formula is C28H40F2O2. The smallest absolute Gasteiger partial charge is 0.335 e. The second kappa shape index (κ2) is 11.4. The van der Waals surface area contributed by atoms with E-state index >= 15 is 4.39 Å². The fourth-order valence-corrected chi connectivity index (χ4v) is 5.81. The first-order chi connectivity index (χ1) is 15.5. The van der Waals surface area contributed by atoms with Gasteiger partial charge in [-0.15, -0.1) is 0 Å². The second-order valence-electron chi connectivity index (χ2n) is 10.1. The van der Waals surface area contributed by atoms with Gasteiger partial charge in [0.25, 0.3) is 0 Å². The molecule has 0 saturated heterocycles. The molecule has 3 fully saturated rings. The number of unbranched alkanes of at least 4 members (excludes halogenated alkanes) is 6. The third-order valence-electron chi connectivity index (χ3n) is 8.02. The average Bonchev–Trinajstić information content (AvgIpc) is 2.81. The van der Waals surface area contributed by atoms with Crippen molar-refractivity contribution in [1.29, 1.82) is 0 Å². The number of carbonyl (C=O) groups excluding carboxylic acids is 1. The molecule has 0 spiro atoms. The van der Waals surface area contributed by atoms with Crippen LogP contribution in [0.1, 0.15) is 116 Å². The highest BCUT2D eigenvalue weighted by Crippen LogP contribution is 2.60. The quantitative estimate of drug-likeness (QED) is 0.139. The fraction of sp³-hybridized carbons (Fsp3) is 0.679. The molecule has 0 atom stereocenters. The first-order valence-corrected chi connectivity index (χ1v) is 12.8. The van der Waals surface area contributed by atoms with Crippen molar-refractivity contribution in [2.45, 2.75) is 116 Å². The molecule has 178 valence electrons. The van der Waals surface area contributed by atoms with Crippen LogP contribution in [-0.4, -0.2) is 5.97 Å². The lowest BCUT2D eigenvalue weighted by molar-refractivity contribution is -0.129. The Morgan fingerprint density at radius 2 is 1.56 bits per heavy atom. The molecule has 0 heterocycles. The molecule has 3 aliphatic carbocycles. The maximum absolute atomic E-state index is 15.1. The van der Waals surface area contributed by atoms with Crippen LogP contribution in [0.3, 0.4) is 0 Å². The Morgan fingerprint density at radius 3 is 2.22 bits per heavy atom. The largest absolute Gasteiger partial charge is 0.420 e. The summed E-state index contributed by atoms with van der Waals surface area (Å²) < 4.78 is 35.0. The monoisotopic (exact) mass is 446 g/mol. The highest BCUT2D eigenvalue weighted by molar-refractivity contribution is 5.84. The number of benzene rings is 1. The van der Waals surface area contributed by atoms with E-state index in [-0.39, 0.29) is 11.2 Å². The summed E-state index contributed by atoms with van der Waals surface area (Å²) in [5.74, 6) is -2.85. The molecule has 0 aromatic heterocycles. The summed E-state index contributed by atoms with van der Waals surface area (Å²) in [4.78, 5) is 11.9. The molecule has 2 bridgehead atoms. The van der Waals surface area contributed by atoms with Crippen molar-refractivity contribution in [3.05, 3.63) is 41.5 Å². The Morgan fingerprint density at radius 1 is 0.906 bits per heavy atom.